The van der Waals surface area contributed by atoms with Crippen molar-refractivity contribution in [3.05, 3.63) is 59.7 Å². The number of nitrogens with zero attached hydrogens (tertiary/aromatic N) is 1. The van der Waals surface area contributed by atoms with Crippen LogP contribution in [0.3, 0.4) is 0 Å². The van der Waals surface area contributed by atoms with E-state index in [-0.39, 0.29) is 12.1 Å². The lowest BCUT2D eigenvalue weighted by atomic mass is 10.00. The molecule has 23 heavy (non-hydrogen) atoms. The zero-order valence-electron chi connectivity index (χ0n) is 13.0. The molecule has 0 aliphatic carbocycles. The summed E-state index contributed by atoms with van der Waals surface area (Å²) < 4.78 is 5.67. The van der Waals surface area contributed by atoms with Gasteiger partial charge in [0.25, 0.3) is 0 Å². The van der Waals surface area contributed by atoms with Crippen LogP contribution in [-0.4, -0.2) is 19.2 Å². The van der Waals surface area contributed by atoms with E-state index >= 15 is 0 Å². The van der Waals surface area contributed by atoms with Gasteiger partial charge in [0.15, 0.2) is 0 Å². The Kier molecular flexibility index (Phi) is 3.66. The smallest absolute Gasteiger partial charge is 0.322 e. The molecule has 2 heterocycles. The van der Waals surface area contributed by atoms with Gasteiger partial charge in [0.1, 0.15) is 5.75 Å². The number of benzene rings is 2. The Morgan fingerprint density at radius 2 is 1.96 bits per heavy atom. The van der Waals surface area contributed by atoms with Crippen molar-refractivity contribution in [3.8, 4) is 5.75 Å². The van der Waals surface area contributed by atoms with Gasteiger partial charge in [-0.25, -0.2) is 4.79 Å². The second-order valence-electron chi connectivity index (χ2n) is 6.06. The normalized spacial score (nSPS) is 19.3. The quantitative estimate of drug-likeness (QED) is 0.873. The number of rotatable bonds is 1. The maximum atomic E-state index is 12.8. The zero-order chi connectivity index (χ0) is 15.6. The van der Waals surface area contributed by atoms with Crippen LogP contribution in [0.15, 0.2) is 48.5 Å². The Labute approximate surface area is 136 Å². The van der Waals surface area contributed by atoms with Crippen LogP contribution in [0.5, 0.6) is 5.75 Å². The van der Waals surface area contributed by atoms with Crippen LogP contribution in [0, 0.1) is 0 Å². The number of hydrogen-bond donors (Lipinski definition) is 1. The third-order valence-electron chi connectivity index (χ3n) is 4.61. The molecule has 1 atom stereocenters. The van der Waals surface area contributed by atoms with E-state index in [4.69, 9.17) is 4.74 Å². The predicted octanol–water partition coefficient (Wildman–Crippen LogP) is 3.67. The number of aryl methyl sites for hydroxylation is 1. The van der Waals surface area contributed by atoms with Gasteiger partial charge in [-0.15, -0.1) is 0 Å². The Morgan fingerprint density at radius 1 is 1.13 bits per heavy atom. The van der Waals surface area contributed by atoms with E-state index in [1.165, 1.54) is 5.56 Å². The molecule has 118 valence electrons. The summed E-state index contributed by atoms with van der Waals surface area (Å²) in [6, 6.07) is 16.1. The molecule has 0 saturated heterocycles. The average molecular weight is 308 g/mol. The molecule has 1 unspecified atom stereocenters. The maximum absolute atomic E-state index is 12.8. The third kappa shape index (κ3) is 2.65. The fourth-order valence-electron chi connectivity index (χ4n) is 3.46. The molecule has 4 heteroatoms. The monoisotopic (exact) mass is 308 g/mol. The minimum atomic E-state index is -0.0150. The predicted molar refractivity (Wildman–Crippen MR) is 89.9 cm³/mol. The lowest BCUT2D eigenvalue weighted by Crippen LogP contribution is -2.45. The molecular formula is C19H20N2O2. The Bertz CT molecular complexity index is 729. The van der Waals surface area contributed by atoms with E-state index in [0.29, 0.717) is 6.61 Å². The van der Waals surface area contributed by atoms with E-state index in [1.54, 1.807) is 0 Å². The Morgan fingerprint density at radius 3 is 2.91 bits per heavy atom. The first-order valence-corrected chi connectivity index (χ1v) is 8.20. The van der Waals surface area contributed by atoms with Gasteiger partial charge in [-0.05, 0) is 30.5 Å². The molecule has 0 saturated carbocycles. The summed E-state index contributed by atoms with van der Waals surface area (Å²) in [5.41, 5.74) is 3.36. The first-order chi connectivity index (χ1) is 11.3. The minimum absolute atomic E-state index is 0.0150. The summed E-state index contributed by atoms with van der Waals surface area (Å²) in [5.74, 6) is 0.878. The second kappa shape index (κ2) is 5.95. The van der Waals surface area contributed by atoms with Gasteiger partial charge in [0.2, 0.25) is 0 Å². The van der Waals surface area contributed by atoms with Crippen molar-refractivity contribution in [2.75, 3.05) is 18.1 Å². The van der Waals surface area contributed by atoms with Crippen LogP contribution in [0.2, 0.25) is 0 Å². The number of para-hydroxylation sites is 2. The average Bonchev–Trinajstić information content (AvgIpc) is 2.61. The van der Waals surface area contributed by atoms with Gasteiger partial charge in [-0.3, -0.25) is 4.90 Å². The van der Waals surface area contributed by atoms with Crippen molar-refractivity contribution in [1.82, 2.24) is 5.32 Å². The number of carbonyl (C=O) groups excluding carboxylic acids is 1. The molecule has 0 bridgehead atoms. The highest BCUT2D eigenvalue weighted by atomic mass is 16.5. The molecule has 2 aromatic rings. The number of carbonyl (C=O) groups is 1. The van der Waals surface area contributed by atoms with Crippen LogP contribution in [0.1, 0.15) is 30.0 Å². The summed E-state index contributed by atoms with van der Waals surface area (Å²) in [5, 5.41) is 3.19. The first kappa shape index (κ1) is 14.1. The van der Waals surface area contributed by atoms with Gasteiger partial charge in [0, 0.05) is 24.2 Å². The van der Waals surface area contributed by atoms with Gasteiger partial charge in [-0.2, -0.15) is 0 Å². The van der Waals surface area contributed by atoms with Crippen LogP contribution in [-0.2, 0) is 6.42 Å². The number of anilines is 1. The Balaban J connectivity index is 1.56. The lowest BCUT2D eigenvalue weighted by molar-refractivity contribution is 0.227. The summed E-state index contributed by atoms with van der Waals surface area (Å²) in [6.07, 6.45) is 2.85. The highest BCUT2D eigenvalue weighted by Crippen LogP contribution is 2.32. The van der Waals surface area contributed by atoms with Gasteiger partial charge in [-0.1, -0.05) is 36.4 Å². The topological polar surface area (TPSA) is 41.6 Å². The first-order valence-electron chi connectivity index (χ1n) is 8.20. The number of fused-ring (bicyclic) bond motifs is 2. The van der Waals surface area contributed by atoms with Crippen LogP contribution in [0.4, 0.5) is 10.5 Å². The number of hydrogen-bond acceptors (Lipinski definition) is 2. The highest BCUT2D eigenvalue weighted by Gasteiger charge is 2.27. The van der Waals surface area contributed by atoms with Gasteiger partial charge in [0.05, 0.1) is 12.6 Å². The summed E-state index contributed by atoms with van der Waals surface area (Å²) >= 11 is 0. The van der Waals surface area contributed by atoms with Crippen molar-refractivity contribution in [3.63, 3.8) is 0 Å². The third-order valence-corrected chi connectivity index (χ3v) is 4.61. The molecule has 4 nitrogen and oxygen atoms in total. The lowest BCUT2D eigenvalue weighted by Gasteiger charge is -2.33. The molecule has 1 N–H and O–H groups in total. The number of urea groups is 1. The minimum Gasteiger partial charge on any atom is -0.493 e. The summed E-state index contributed by atoms with van der Waals surface area (Å²) in [7, 11) is 0. The van der Waals surface area contributed by atoms with E-state index in [0.717, 1.165) is 42.8 Å². The molecule has 4 rings (SSSR count). The van der Waals surface area contributed by atoms with Crippen LogP contribution in [0.25, 0.3) is 0 Å². The SMILES string of the molecule is O=C(NC1CCOc2ccccc21)N1CCCc2ccccc21. The maximum Gasteiger partial charge on any atom is 0.322 e. The molecule has 2 aliphatic rings. The van der Waals surface area contributed by atoms with E-state index in [1.807, 2.05) is 47.4 Å². The summed E-state index contributed by atoms with van der Waals surface area (Å²) in [4.78, 5) is 14.7. The van der Waals surface area contributed by atoms with Crippen molar-refractivity contribution in [2.45, 2.75) is 25.3 Å². The van der Waals surface area contributed by atoms with Gasteiger partial charge >= 0.3 is 6.03 Å². The fraction of sp³-hybridized carbons (Fsp3) is 0.316. The van der Waals surface area contributed by atoms with Crippen LogP contribution < -0.4 is 15.0 Å². The van der Waals surface area contributed by atoms with Crippen molar-refractivity contribution in [2.24, 2.45) is 0 Å². The highest BCUT2D eigenvalue weighted by molar-refractivity contribution is 5.93. The Hall–Kier alpha value is -2.49. The molecule has 0 radical (unpaired) electrons. The van der Waals surface area contributed by atoms with E-state index < -0.39 is 0 Å². The fourth-order valence-corrected chi connectivity index (χ4v) is 3.46. The number of amides is 2. The molecular weight excluding hydrogens is 288 g/mol. The van der Waals surface area contributed by atoms with E-state index in [2.05, 4.69) is 11.4 Å². The standard InChI is InChI=1S/C19H20N2O2/c22-19(21-12-5-7-14-6-1-3-9-17(14)21)20-16-11-13-23-18-10-4-2-8-15(16)18/h1-4,6,8-10,16H,5,7,11-13H2,(H,20,22). The molecule has 0 spiro atoms. The summed E-state index contributed by atoms with van der Waals surface area (Å²) in [6.45, 7) is 1.41. The van der Waals surface area contributed by atoms with Crippen molar-refractivity contribution >= 4 is 11.7 Å². The largest absolute Gasteiger partial charge is 0.493 e. The molecule has 2 aliphatic heterocycles. The van der Waals surface area contributed by atoms with Crippen molar-refractivity contribution < 1.29 is 9.53 Å². The molecule has 0 fully saturated rings. The van der Waals surface area contributed by atoms with Crippen LogP contribution >= 0.6 is 0 Å². The number of nitrogens with one attached hydrogen (secondary N) is 1. The van der Waals surface area contributed by atoms with Gasteiger partial charge < -0.3 is 10.1 Å². The second-order valence-corrected chi connectivity index (χ2v) is 6.06. The molecule has 2 aromatic carbocycles. The molecule has 2 amide bonds. The van der Waals surface area contributed by atoms with E-state index in [9.17, 15) is 4.79 Å². The molecule has 0 aromatic heterocycles. The number of ether oxygens (including phenoxy) is 1. The zero-order valence-corrected chi connectivity index (χ0v) is 13.0. The van der Waals surface area contributed by atoms with Crippen molar-refractivity contribution in [1.29, 1.82) is 0 Å².